The summed E-state index contributed by atoms with van der Waals surface area (Å²) in [5.41, 5.74) is 8.05. The van der Waals surface area contributed by atoms with Crippen LogP contribution in [0.3, 0.4) is 0 Å². The van der Waals surface area contributed by atoms with E-state index in [0.29, 0.717) is 32.3 Å². The van der Waals surface area contributed by atoms with E-state index in [-0.39, 0.29) is 6.10 Å². The highest BCUT2D eigenvalue weighted by atomic mass is 16.7. The summed E-state index contributed by atoms with van der Waals surface area (Å²) in [6.45, 7) is 4.47. The number of rotatable bonds is 3. The Morgan fingerprint density at radius 1 is 1.32 bits per heavy atom. The number of benzene rings is 1. The first-order chi connectivity index (χ1) is 10.7. The first-order valence-corrected chi connectivity index (χ1v) is 7.68. The lowest BCUT2D eigenvalue weighted by Crippen LogP contribution is -2.38. The molecule has 0 aliphatic carbocycles. The summed E-state index contributed by atoms with van der Waals surface area (Å²) >= 11 is 0. The van der Waals surface area contributed by atoms with Crippen LogP contribution < -0.4 is 11.1 Å². The van der Waals surface area contributed by atoms with Crippen LogP contribution in [-0.4, -0.2) is 44.2 Å². The molecule has 0 amide bonds. The van der Waals surface area contributed by atoms with Gasteiger partial charge in [-0.3, -0.25) is 4.99 Å². The lowest BCUT2D eigenvalue weighted by Gasteiger charge is -2.31. The molecule has 1 spiro atoms. The number of ether oxygens (including phenoxy) is 3. The van der Waals surface area contributed by atoms with E-state index in [1.807, 2.05) is 31.2 Å². The van der Waals surface area contributed by atoms with Gasteiger partial charge in [-0.05, 0) is 19.1 Å². The molecule has 0 aromatic heterocycles. The summed E-state index contributed by atoms with van der Waals surface area (Å²) < 4.78 is 17.2. The lowest BCUT2D eigenvalue weighted by molar-refractivity contribution is -0.210. The Hall–Kier alpha value is -1.63. The number of hydrogen-bond donors (Lipinski definition) is 2. The van der Waals surface area contributed by atoms with Crippen molar-refractivity contribution in [2.75, 3.05) is 31.7 Å². The maximum Gasteiger partial charge on any atom is 0.193 e. The topological polar surface area (TPSA) is 78.1 Å². The number of nitrogens with two attached hydrogens (primary N) is 1. The second-order valence-electron chi connectivity index (χ2n) is 5.79. The van der Waals surface area contributed by atoms with E-state index in [2.05, 4.69) is 10.3 Å². The second-order valence-corrected chi connectivity index (χ2v) is 5.79. The van der Waals surface area contributed by atoms with Crippen molar-refractivity contribution in [3.8, 4) is 0 Å². The fraction of sp³-hybridized carbons (Fsp3) is 0.562. The largest absolute Gasteiger partial charge is 0.381 e. The predicted molar refractivity (Wildman–Crippen MR) is 84.9 cm³/mol. The van der Waals surface area contributed by atoms with Crippen LogP contribution in [0.15, 0.2) is 29.3 Å². The fourth-order valence-corrected chi connectivity index (χ4v) is 2.68. The van der Waals surface area contributed by atoms with Crippen molar-refractivity contribution < 1.29 is 14.2 Å². The highest BCUT2D eigenvalue weighted by molar-refractivity contribution is 5.92. The standard InChI is InChI=1S/C16H23N3O3/c1-12-2-4-13(5-3-12)19-15(17)18-10-14-11-21-16(22-14)6-8-20-9-7-16/h2-5,14H,6-11H2,1H3,(H3,17,18,19). The first-order valence-electron chi connectivity index (χ1n) is 7.68. The zero-order valence-electron chi connectivity index (χ0n) is 12.9. The molecular formula is C16H23N3O3. The molecule has 2 aliphatic heterocycles. The zero-order valence-corrected chi connectivity index (χ0v) is 12.9. The molecule has 2 aliphatic rings. The van der Waals surface area contributed by atoms with Crippen LogP contribution in [0.2, 0.25) is 0 Å². The third-order valence-electron chi connectivity index (χ3n) is 3.96. The Bertz CT molecular complexity index is 524. The van der Waals surface area contributed by atoms with Crippen molar-refractivity contribution in [3.05, 3.63) is 29.8 Å². The summed E-state index contributed by atoms with van der Waals surface area (Å²) in [4.78, 5) is 4.35. The van der Waals surface area contributed by atoms with Gasteiger partial charge in [0.05, 0.1) is 26.4 Å². The van der Waals surface area contributed by atoms with Gasteiger partial charge in [0.15, 0.2) is 11.7 Å². The molecule has 0 bridgehead atoms. The Morgan fingerprint density at radius 2 is 2.05 bits per heavy atom. The van der Waals surface area contributed by atoms with Crippen LogP contribution in [-0.2, 0) is 14.2 Å². The molecule has 1 aromatic carbocycles. The van der Waals surface area contributed by atoms with Crippen molar-refractivity contribution in [1.82, 2.24) is 0 Å². The van der Waals surface area contributed by atoms with Crippen LogP contribution >= 0.6 is 0 Å². The molecule has 0 saturated carbocycles. The van der Waals surface area contributed by atoms with E-state index in [0.717, 1.165) is 18.5 Å². The number of anilines is 1. The number of nitrogens with zero attached hydrogens (tertiary/aromatic N) is 1. The maximum absolute atomic E-state index is 6.01. The third-order valence-corrected chi connectivity index (χ3v) is 3.96. The van der Waals surface area contributed by atoms with Crippen molar-refractivity contribution >= 4 is 11.6 Å². The van der Waals surface area contributed by atoms with E-state index < -0.39 is 5.79 Å². The fourth-order valence-electron chi connectivity index (χ4n) is 2.68. The molecule has 1 unspecified atom stereocenters. The third kappa shape index (κ3) is 3.76. The Morgan fingerprint density at radius 3 is 2.77 bits per heavy atom. The molecule has 6 heteroatoms. The second kappa shape index (κ2) is 6.64. The van der Waals surface area contributed by atoms with Gasteiger partial charge in [-0.15, -0.1) is 0 Å². The molecule has 1 aromatic rings. The van der Waals surface area contributed by atoms with Gasteiger partial charge < -0.3 is 25.3 Å². The van der Waals surface area contributed by atoms with Crippen LogP contribution in [0, 0.1) is 6.92 Å². The minimum Gasteiger partial charge on any atom is -0.381 e. The predicted octanol–water partition coefficient (Wildman–Crippen LogP) is 1.64. The van der Waals surface area contributed by atoms with Gasteiger partial charge in [0.2, 0.25) is 0 Å². The molecule has 2 heterocycles. The molecule has 3 rings (SSSR count). The first kappa shape index (κ1) is 15.3. The van der Waals surface area contributed by atoms with Gasteiger partial charge in [-0.1, -0.05) is 17.7 Å². The highest BCUT2D eigenvalue weighted by Gasteiger charge is 2.42. The summed E-state index contributed by atoms with van der Waals surface area (Å²) in [6.07, 6.45) is 1.52. The van der Waals surface area contributed by atoms with Crippen molar-refractivity contribution in [2.24, 2.45) is 10.7 Å². The number of aryl methyl sites for hydroxylation is 1. The van der Waals surface area contributed by atoms with E-state index in [1.165, 1.54) is 5.56 Å². The Labute approximate surface area is 130 Å². The molecule has 2 saturated heterocycles. The molecular weight excluding hydrogens is 282 g/mol. The van der Waals surface area contributed by atoms with Crippen molar-refractivity contribution in [2.45, 2.75) is 31.7 Å². The minimum absolute atomic E-state index is 0.0449. The van der Waals surface area contributed by atoms with E-state index in [9.17, 15) is 0 Å². The van der Waals surface area contributed by atoms with Gasteiger partial charge in [0, 0.05) is 18.5 Å². The Kier molecular flexibility index (Phi) is 4.61. The van der Waals surface area contributed by atoms with Crippen LogP contribution in [0.4, 0.5) is 5.69 Å². The maximum atomic E-state index is 6.01. The van der Waals surface area contributed by atoms with Gasteiger partial charge >= 0.3 is 0 Å². The quantitative estimate of drug-likeness (QED) is 0.656. The minimum atomic E-state index is -0.461. The van der Waals surface area contributed by atoms with E-state index in [1.54, 1.807) is 0 Å². The summed E-state index contributed by atoms with van der Waals surface area (Å²) in [5.74, 6) is -0.0715. The molecule has 120 valence electrons. The summed E-state index contributed by atoms with van der Waals surface area (Å²) in [6, 6.07) is 8.00. The van der Waals surface area contributed by atoms with Crippen LogP contribution in [0.1, 0.15) is 18.4 Å². The van der Waals surface area contributed by atoms with Gasteiger partial charge in [0.1, 0.15) is 6.10 Å². The normalized spacial score (nSPS) is 24.6. The van der Waals surface area contributed by atoms with Crippen LogP contribution in [0.25, 0.3) is 0 Å². The SMILES string of the molecule is Cc1ccc(NC(N)=NCC2COC3(CCOCC3)O2)cc1. The van der Waals surface area contributed by atoms with Gasteiger partial charge in [-0.25, -0.2) is 0 Å². The van der Waals surface area contributed by atoms with Gasteiger partial charge in [0.25, 0.3) is 0 Å². The average Bonchev–Trinajstić information content (AvgIpc) is 2.91. The molecule has 22 heavy (non-hydrogen) atoms. The van der Waals surface area contributed by atoms with E-state index in [4.69, 9.17) is 19.9 Å². The number of nitrogens with one attached hydrogen (secondary N) is 1. The Balaban J connectivity index is 1.50. The van der Waals surface area contributed by atoms with Crippen molar-refractivity contribution in [3.63, 3.8) is 0 Å². The molecule has 6 nitrogen and oxygen atoms in total. The lowest BCUT2D eigenvalue weighted by atomic mass is 10.1. The molecule has 1 atom stereocenters. The van der Waals surface area contributed by atoms with Gasteiger partial charge in [-0.2, -0.15) is 0 Å². The summed E-state index contributed by atoms with van der Waals surface area (Å²) in [5, 5.41) is 3.08. The molecule has 0 radical (unpaired) electrons. The number of hydrogen-bond acceptors (Lipinski definition) is 4. The van der Waals surface area contributed by atoms with Crippen LogP contribution in [0.5, 0.6) is 0 Å². The monoisotopic (exact) mass is 305 g/mol. The summed E-state index contributed by atoms with van der Waals surface area (Å²) in [7, 11) is 0. The molecule has 3 N–H and O–H groups in total. The zero-order chi connectivity index (χ0) is 15.4. The number of aliphatic imine (C=N–C) groups is 1. The molecule has 2 fully saturated rings. The number of guanidine groups is 1. The highest BCUT2D eigenvalue weighted by Crippen LogP contribution is 2.33. The van der Waals surface area contributed by atoms with E-state index >= 15 is 0 Å². The average molecular weight is 305 g/mol. The van der Waals surface area contributed by atoms with Crippen molar-refractivity contribution in [1.29, 1.82) is 0 Å². The smallest absolute Gasteiger partial charge is 0.193 e.